The number of fused-ring (bicyclic) bond motifs is 6. The Morgan fingerprint density at radius 3 is 0.759 bits per heavy atom. The maximum Gasteiger partial charge on any atom is 0.222 e. The molecule has 446 valence electrons. The normalized spacial score (nSPS) is 14.6. The van der Waals surface area contributed by atoms with Crippen LogP contribution in [0.1, 0.15) is 189 Å². The van der Waals surface area contributed by atoms with E-state index in [0.717, 1.165) is 151 Å². The van der Waals surface area contributed by atoms with E-state index in [2.05, 4.69) is 71.0 Å². The SMILES string of the molecule is CCCCCCOc1cc2c3cc(OCCCCCC)c(OCCCCCC)cc3c3cc(OCCCCCC(=O)N4CCOCCOCCOCCOCCOCC4)c(OCCCCCC)cc3c2cc1OCCCCCC. The van der Waals surface area contributed by atoms with Crippen molar-refractivity contribution in [3.8, 4) is 34.5 Å². The molecule has 1 aliphatic heterocycles. The van der Waals surface area contributed by atoms with Crippen molar-refractivity contribution in [3.63, 3.8) is 0 Å². The Morgan fingerprint density at radius 2 is 0.532 bits per heavy atom. The minimum absolute atomic E-state index is 0.102. The van der Waals surface area contributed by atoms with Gasteiger partial charge in [-0.1, -0.05) is 131 Å². The van der Waals surface area contributed by atoms with E-state index in [-0.39, 0.29) is 5.91 Å². The molecular weight excluding hydrogens is 999 g/mol. The predicted molar refractivity (Wildman–Crippen MR) is 322 cm³/mol. The zero-order chi connectivity index (χ0) is 55.8. The summed E-state index contributed by atoms with van der Waals surface area (Å²) in [4.78, 5) is 15.5. The van der Waals surface area contributed by atoms with Crippen LogP contribution in [0.5, 0.6) is 34.5 Å². The third-order valence-electron chi connectivity index (χ3n) is 14.5. The van der Waals surface area contributed by atoms with Crippen LogP contribution in [-0.4, -0.2) is 130 Å². The molecule has 0 N–H and O–H groups in total. The van der Waals surface area contributed by atoms with Gasteiger partial charge in [-0.2, -0.15) is 0 Å². The van der Waals surface area contributed by atoms with Crippen LogP contribution in [0.25, 0.3) is 32.3 Å². The number of nitrogens with zero attached hydrogens (tertiary/aromatic N) is 1. The lowest BCUT2D eigenvalue weighted by molar-refractivity contribution is -0.133. The second kappa shape index (κ2) is 41.7. The van der Waals surface area contributed by atoms with Crippen molar-refractivity contribution in [1.29, 1.82) is 0 Å². The van der Waals surface area contributed by atoms with E-state index >= 15 is 0 Å². The lowest BCUT2D eigenvalue weighted by Crippen LogP contribution is -2.37. The van der Waals surface area contributed by atoms with E-state index in [4.69, 9.17) is 52.1 Å². The quantitative estimate of drug-likeness (QED) is 0.0316. The Labute approximate surface area is 476 Å². The molecule has 1 heterocycles. The van der Waals surface area contributed by atoms with E-state index < -0.39 is 0 Å². The molecule has 1 aliphatic rings. The van der Waals surface area contributed by atoms with Gasteiger partial charge in [-0.15, -0.1) is 0 Å². The summed E-state index contributed by atoms with van der Waals surface area (Å²) >= 11 is 0. The molecule has 0 spiro atoms. The number of hydrogen-bond acceptors (Lipinski definition) is 12. The highest BCUT2D eigenvalue weighted by molar-refractivity contribution is 6.26. The largest absolute Gasteiger partial charge is 0.490 e. The van der Waals surface area contributed by atoms with Crippen LogP contribution in [0.4, 0.5) is 0 Å². The van der Waals surface area contributed by atoms with E-state index in [1.54, 1.807) is 0 Å². The summed E-state index contributed by atoms with van der Waals surface area (Å²) in [7, 11) is 0. The Bertz CT molecular complexity index is 2170. The Balaban J connectivity index is 1.48. The van der Waals surface area contributed by atoms with Crippen molar-refractivity contribution in [2.24, 2.45) is 0 Å². The third-order valence-corrected chi connectivity index (χ3v) is 14.5. The van der Waals surface area contributed by atoms with Crippen molar-refractivity contribution in [2.75, 3.05) is 119 Å². The number of amides is 1. The van der Waals surface area contributed by atoms with Crippen molar-refractivity contribution >= 4 is 38.2 Å². The summed E-state index contributed by atoms with van der Waals surface area (Å²) in [5.74, 6) is 4.63. The number of carbonyl (C=O) groups excluding carboxylic acids is 1. The van der Waals surface area contributed by atoms with Gasteiger partial charge >= 0.3 is 0 Å². The first-order valence-electron chi connectivity index (χ1n) is 31.5. The summed E-state index contributed by atoms with van der Waals surface area (Å²) in [6.07, 6.45) is 25.1. The van der Waals surface area contributed by atoms with Crippen LogP contribution >= 0.6 is 0 Å². The molecule has 79 heavy (non-hydrogen) atoms. The zero-order valence-electron chi connectivity index (χ0n) is 50.0. The number of unbranched alkanes of at least 4 members (excludes halogenated alkanes) is 17. The van der Waals surface area contributed by atoms with Crippen LogP contribution in [0.3, 0.4) is 0 Å². The average molecular weight is 1100 g/mol. The standard InChI is InChI=1S/C66H105NO12/c1-6-11-16-23-32-74-60-48-54-55-49-61(75-33-24-17-12-7-2)63(77-35-26-19-14-9-4)51-57(55)59-53-65(64(78-36-27-20-15-10-5)52-58(59)56(54)50-62(60)76-34-25-18-13-8-3)79-37-28-21-22-29-66(68)67-30-38-69-40-42-71-44-46-73-47-45-72-43-41-70-39-31-67/h48-53H,6-47H2,1-5H3. The summed E-state index contributed by atoms with van der Waals surface area (Å²) < 4.78 is 68.8. The van der Waals surface area contributed by atoms with Gasteiger partial charge < -0.3 is 57.0 Å². The first-order chi connectivity index (χ1) is 39.0. The van der Waals surface area contributed by atoms with Crippen molar-refractivity contribution in [3.05, 3.63) is 36.4 Å². The Hall–Kier alpha value is -4.27. The van der Waals surface area contributed by atoms with Gasteiger partial charge in [0.2, 0.25) is 5.91 Å². The molecule has 13 heteroatoms. The van der Waals surface area contributed by atoms with Gasteiger partial charge in [0.15, 0.2) is 34.5 Å². The van der Waals surface area contributed by atoms with Crippen LogP contribution < -0.4 is 28.4 Å². The Morgan fingerprint density at radius 1 is 0.316 bits per heavy atom. The number of rotatable bonds is 37. The number of ether oxygens (including phenoxy) is 11. The van der Waals surface area contributed by atoms with Gasteiger partial charge in [0, 0.05) is 19.5 Å². The maximum absolute atomic E-state index is 13.6. The zero-order valence-corrected chi connectivity index (χ0v) is 50.0. The van der Waals surface area contributed by atoms with Gasteiger partial charge in [-0.3, -0.25) is 4.79 Å². The first-order valence-corrected chi connectivity index (χ1v) is 31.5. The molecule has 13 nitrogen and oxygen atoms in total. The summed E-state index contributed by atoms with van der Waals surface area (Å²) in [6.45, 7) is 20.6. The Kier molecular flexibility index (Phi) is 34.6. The van der Waals surface area contributed by atoms with Crippen LogP contribution in [-0.2, 0) is 28.5 Å². The monoisotopic (exact) mass is 1100 g/mol. The first kappa shape index (κ1) is 65.5. The molecule has 0 radical (unpaired) electrons. The lowest BCUT2D eigenvalue weighted by Gasteiger charge is -2.23. The fraction of sp³-hybridized carbons (Fsp3) is 0.712. The van der Waals surface area contributed by atoms with Gasteiger partial charge in [-0.05, 0) is 120 Å². The number of carbonyl (C=O) groups is 1. The molecule has 1 fully saturated rings. The van der Waals surface area contributed by atoms with Gasteiger partial charge in [0.1, 0.15) is 0 Å². The van der Waals surface area contributed by atoms with Crippen LogP contribution in [0, 0.1) is 0 Å². The molecule has 5 rings (SSSR count). The molecule has 1 amide bonds. The minimum atomic E-state index is 0.102. The minimum Gasteiger partial charge on any atom is -0.490 e. The molecule has 4 aromatic carbocycles. The van der Waals surface area contributed by atoms with Crippen molar-refractivity contribution < 1.29 is 56.9 Å². The summed E-state index contributed by atoms with van der Waals surface area (Å²) in [6, 6.07) is 13.2. The molecule has 0 bridgehead atoms. The van der Waals surface area contributed by atoms with Gasteiger partial charge in [0.05, 0.1) is 106 Å². The fourth-order valence-corrected chi connectivity index (χ4v) is 9.84. The van der Waals surface area contributed by atoms with E-state index in [0.29, 0.717) is 131 Å². The third kappa shape index (κ3) is 24.8. The highest BCUT2D eigenvalue weighted by Crippen LogP contribution is 2.47. The molecule has 1 saturated heterocycles. The highest BCUT2D eigenvalue weighted by atomic mass is 16.6. The summed E-state index contributed by atoms with van der Waals surface area (Å²) in [5, 5.41) is 6.36. The molecule has 0 aromatic heterocycles. The molecule has 0 aliphatic carbocycles. The van der Waals surface area contributed by atoms with Crippen LogP contribution in [0.2, 0.25) is 0 Å². The smallest absolute Gasteiger partial charge is 0.222 e. The maximum atomic E-state index is 13.6. The van der Waals surface area contributed by atoms with Crippen molar-refractivity contribution in [2.45, 2.75) is 189 Å². The summed E-state index contributed by atoms with van der Waals surface area (Å²) in [5.41, 5.74) is 0. The average Bonchev–Trinajstić information content (AvgIpc) is 3.66. The van der Waals surface area contributed by atoms with Gasteiger partial charge in [-0.25, -0.2) is 0 Å². The van der Waals surface area contributed by atoms with Gasteiger partial charge in [0.25, 0.3) is 0 Å². The second-order valence-electron chi connectivity index (χ2n) is 21.2. The highest BCUT2D eigenvalue weighted by Gasteiger charge is 2.21. The molecule has 4 aromatic rings. The van der Waals surface area contributed by atoms with Crippen LogP contribution in [0.15, 0.2) is 36.4 Å². The molecule has 0 atom stereocenters. The predicted octanol–water partition coefficient (Wildman–Crippen LogP) is 15.8. The molecule has 0 saturated carbocycles. The van der Waals surface area contributed by atoms with E-state index in [9.17, 15) is 4.79 Å². The van der Waals surface area contributed by atoms with Crippen molar-refractivity contribution in [1.82, 2.24) is 4.90 Å². The molecular formula is C66H105NO12. The number of hydrogen-bond donors (Lipinski definition) is 0. The van der Waals surface area contributed by atoms with E-state index in [1.807, 2.05) is 4.90 Å². The lowest BCUT2D eigenvalue weighted by atomic mass is 9.93. The topological polar surface area (TPSA) is 122 Å². The number of benzene rings is 4. The fourth-order valence-electron chi connectivity index (χ4n) is 9.84. The second-order valence-corrected chi connectivity index (χ2v) is 21.2. The molecule has 0 unspecified atom stereocenters. The van der Waals surface area contributed by atoms with E-state index in [1.165, 1.54) is 57.8 Å².